The Morgan fingerprint density at radius 1 is 1.50 bits per heavy atom. The van der Waals surface area contributed by atoms with Crippen LogP contribution in [0.4, 0.5) is 0 Å². The molecule has 2 heterocycles. The molecule has 0 aromatic carbocycles. The molecular weight excluding hydrogens is 320 g/mol. The summed E-state index contributed by atoms with van der Waals surface area (Å²) in [5.41, 5.74) is 9.46. The van der Waals surface area contributed by atoms with Crippen LogP contribution in [0.1, 0.15) is 42.3 Å². The van der Waals surface area contributed by atoms with Crippen LogP contribution >= 0.6 is 24.2 Å². The monoisotopic (exact) mass is 346 g/mol. The van der Waals surface area contributed by atoms with Crippen molar-refractivity contribution in [3.8, 4) is 0 Å². The first-order valence-electron chi connectivity index (χ1n) is 7.52. The van der Waals surface area contributed by atoms with Crippen LogP contribution in [0.5, 0.6) is 0 Å². The summed E-state index contributed by atoms with van der Waals surface area (Å²) < 4.78 is 1.90. The summed E-state index contributed by atoms with van der Waals surface area (Å²) in [4.78, 5) is 14.6. The van der Waals surface area contributed by atoms with Crippen molar-refractivity contribution in [2.75, 3.05) is 18.6 Å². The summed E-state index contributed by atoms with van der Waals surface area (Å²) in [6.07, 6.45) is 4.83. The molecule has 1 aromatic heterocycles. The number of nitrogens with two attached hydrogens (primary N) is 1. The van der Waals surface area contributed by atoms with Crippen LogP contribution in [0.25, 0.3) is 0 Å². The average molecular weight is 347 g/mol. The van der Waals surface area contributed by atoms with Crippen molar-refractivity contribution in [1.82, 2.24) is 14.7 Å². The number of aromatic nitrogens is 2. The lowest BCUT2D eigenvalue weighted by atomic mass is 10.0. The maximum Gasteiger partial charge on any atom is 0.240 e. The number of hydrogen-bond donors (Lipinski definition) is 1. The van der Waals surface area contributed by atoms with Gasteiger partial charge in [0.2, 0.25) is 5.91 Å². The molecule has 0 radical (unpaired) electrons. The maximum absolute atomic E-state index is 12.6. The van der Waals surface area contributed by atoms with Gasteiger partial charge < -0.3 is 10.6 Å². The summed E-state index contributed by atoms with van der Waals surface area (Å²) in [5, 5.41) is 4.49. The van der Waals surface area contributed by atoms with Crippen LogP contribution in [0.2, 0.25) is 0 Å². The number of nitrogens with zero attached hydrogens (tertiary/aromatic N) is 3. The summed E-state index contributed by atoms with van der Waals surface area (Å²) >= 11 is 1.73. The van der Waals surface area contributed by atoms with Gasteiger partial charge in [-0.1, -0.05) is 0 Å². The van der Waals surface area contributed by atoms with E-state index in [1.54, 1.807) is 11.8 Å². The highest BCUT2D eigenvalue weighted by Gasteiger charge is 2.35. The first-order valence-corrected chi connectivity index (χ1v) is 8.91. The van der Waals surface area contributed by atoms with Gasteiger partial charge >= 0.3 is 0 Å². The maximum atomic E-state index is 12.6. The normalized spacial score (nSPS) is 19.1. The number of amides is 1. The molecule has 1 aliphatic heterocycles. The minimum absolute atomic E-state index is 0. The van der Waals surface area contributed by atoms with Crippen molar-refractivity contribution in [3.05, 3.63) is 17.0 Å². The standard InChI is InChI=1S/C15H26N4OS.ClH/c1-10-14(11(2)18(3)17-10)13-6-5-8-19(13)15(20)12(16)7-9-21-4;/h12-13H,5-9,16H2,1-4H3;1H/t12-,13?;/m0./s1. The van der Waals surface area contributed by atoms with E-state index in [2.05, 4.69) is 12.0 Å². The second-order valence-corrected chi connectivity index (χ2v) is 6.77. The van der Waals surface area contributed by atoms with Gasteiger partial charge in [0.15, 0.2) is 0 Å². The predicted molar refractivity (Wildman–Crippen MR) is 94.6 cm³/mol. The lowest BCUT2D eigenvalue weighted by Gasteiger charge is -2.28. The van der Waals surface area contributed by atoms with Gasteiger partial charge in [-0.3, -0.25) is 9.48 Å². The fourth-order valence-corrected chi connectivity index (χ4v) is 3.67. The minimum Gasteiger partial charge on any atom is -0.334 e. The first-order chi connectivity index (χ1) is 9.97. The number of carbonyl (C=O) groups excluding carboxylic acids is 1. The van der Waals surface area contributed by atoms with Crippen molar-refractivity contribution in [3.63, 3.8) is 0 Å². The lowest BCUT2D eigenvalue weighted by molar-refractivity contribution is -0.133. The molecular formula is C15H27ClN4OS. The van der Waals surface area contributed by atoms with Gasteiger partial charge in [0, 0.05) is 24.8 Å². The molecule has 0 saturated carbocycles. The van der Waals surface area contributed by atoms with Crippen LogP contribution < -0.4 is 5.73 Å². The van der Waals surface area contributed by atoms with Crippen molar-refractivity contribution in [2.45, 2.75) is 45.2 Å². The van der Waals surface area contributed by atoms with E-state index >= 15 is 0 Å². The van der Waals surface area contributed by atoms with E-state index in [4.69, 9.17) is 5.73 Å². The smallest absolute Gasteiger partial charge is 0.240 e. The zero-order chi connectivity index (χ0) is 15.6. The van der Waals surface area contributed by atoms with Crippen LogP contribution in [-0.2, 0) is 11.8 Å². The van der Waals surface area contributed by atoms with E-state index in [1.165, 1.54) is 5.56 Å². The van der Waals surface area contributed by atoms with Gasteiger partial charge in [0.25, 0.3) is 0 Å². The van der Waals surface area contributed by atoms with Crippen molar-refractivity contribution < 1.29 is 4.79 Å². The topological polar surface area (TPSA) is 64.2 Å². The molecule has 1 aliphatic rings. The van der Waals surface area contributed by atoms with E-state index < -0.39 is 0 Å². The zero-order valence-electron chi connectivity index (χ0n) is 13.8. The molecule has 1 amide bonds. The van der Waals surface area contributed by atoms with Crippen molar-refractivity contribution in [1.29, 1.82) is 0 Å². The van der Waals surface area contributed by atoms with E-state index in [9.17, 15) is 4.79 Å². The number of hydrogen-bond acceptors (Lipinski definition) is 4. The van der Waals surface area contributed by atoms with Gasteiger partial charge in [-0.25, -0.2) is 0 Å². The molecule has 7 heteroatoms. The van der Waals surface area contributed by atoms with E-state index in [0.29, 0.717) is 0 Å². The quantitative estimate of drug-likeness (QED) is 0.887. The molecule has 5 nitrogen and oxygen atoms in total. The molecule has 1 saturated heterocycles. The highest BCUT2D eigenvalue weighted by Crippen LogP contribution is 2.35. The van der Waals surface area contributed by atoms with E-state index in [1.807, 2.05) is 29.8 Å². The third-order valence-electron chi connectivity index (χ3n) is 4.38. The molecule has 2 rings (SSSR count). The summed E-state index contributed by atoms with van der Waals surface area (Å²) in [7, 11) is 1.96. The SMILES string of the molecule is CSCC[C@H](N)C(=O)N1CCCC1c1c(C)nn(C)c1C.Cl. The Kier molecular flexibility index (Phi) is 7.22. The average Bonchev–Trinajstić information content (AvgIpc) is 3.01. The Labute approximate surface area is 143 Å². The fraction of sp³-hybridized carbons (Fsp3) is 0.733. The van der Waals surface area contributed by atoms with Gasteiger partial charge in [-0.2, -0.15) is 16.9 Å². The summed E-state index contributed by atoms with van der Waals surface area (Å²) in [5.74, 6) is 1.02. The van der Waals surface area contributed by atoms with Crippen molar-refractivity contribution in [2.24, 2.45) is 12.8 Å². The predicted octanol–water partition coefficient (Wildman–Crippen LogP) is 2.20. The van der Waals surface area contributed by atoms with Crippen LogP contribution in [0.15, 0.2) is 0 Å². The third kappa shape index (κ3) is 3.78. The van der Waals surface area contributed by atoms with Crippen LogP contribution in [0.3, 0.4) is 0 Å². The highest BCUT2D eigenvalue weighted by atomic mass is 35.5. The molecule has 22 heavy (non-hydrogen) atoms. The number of aryl methyl sites for hydroxylation is 2. The molecule has 126 valence electrons. The van der Waals surface area contributed by atoms with Crippen LogP contribution in [0, 0.1) is 13.8 Å². The molecule has 1 unspecified atom stereocenters. The number of halogens is 1. The molecule has 1 fully saturated rings. The first kappa shape index (κ1) is 19.3. The molecule has 1 aromatic rings. The zero-order valence-corrected chi connectivity index (χ0v) is 15.5. The van der Waals surface area contributed by atoms with Crippen molar-refractivity contribution >= 4 is 30.1 Å². The van der Waals surface area contributed by atoms with Gasteiger partial charge in [-0.05, 0) is 45.1 Å². The molecule has 0 bridgehead atoms. The van der Waals surface area contributed by atoms with Gasteiger partial charge in [-0.15, -0.1) is 12.4 Å². The fourth-order valence-electron chi connectivity index (χ4n) is 3.18. The molecule has 0 aliphatic carbocycles. The minimum atomic E-state index is -0.379. The second-order valence-electron chi connectivity index (χ2n) is 5.79. The molecule has 2 N–H and O–H groups in total. The number of likely N-dealkylation sites (tertiary alicyclic amines) is 1. The second kappa shape index (κ2) is 8.22. The Morgan fingerprint density at radius 3 is 2.73 bits per heavy atom. The largest absolute Gasteiger partial charge is 0.334 e. The Balaban J connectivity index is 0.00000242. The third-order valence-corrected chi connectivity index (χ3v) is 5.03. The number of rotatable bonds is 5. The van der Waals surface area contributed by atoms with Gasteiger partial charge in [0.1, 0.15) is 0 Å². The van der Waals surface area contributed by atoms with Crippen LogP contribution in [-0.4, -0.2) is 45.2 Å². The molecule has 2 atom stereocenters. The Hall–Kier alpha value is -0.720. The van der Waals surface area contributed by atoms with Gasteiger partial charge in [0.05, 0.1) is 17.8 Å². The summed E-state index contributed by atoms with van der Waals surface area (Å²) in [6.45, 7) is 4.91. The van der Waals surface area contributed by atoms with E-state index in [-0.39, 0.29) is 30.4 Å². The van der Waals surface area contributed by atoms with E-state index in [0.717, 1.165) is 42.9 Å². The molecule has 0 spiro atoms. The Morgan fingerprint density at radius 2 is 2.18 bits per heavy atom. The lowest BCUT2D eigenvalue weighted by Crippen LogP contribution is -2.43. The Bertz CT molecular complexity index is 520. The summed E-state index contributed by atoms with van der Waals surface area (Å²) in [6, 6.07) is -0.234. The number of carbonyl (C=O) groups is 1. The highest BCUT2D eigenvalue weighted by molar-refractivity contribution is 7.98. The number of thioether (sulfide) groups is 1.